The minimum atomic E-state index is 0.0754. The summed E-state index contributed by atoms with van der Waals surface area (Å²) >= 11 is 1.76. The standard InChI is InChI=1S/C19H25N3O2S/c1-13-6-7-14-15(10-13)25-19-17(14)18(20-12-21-19)24-11-16(23)22-8-4-2-3-5-9-22/h12-13H,2-11H2,1H3. The summed E-state index contributed by atoms with van der Waals surface area (Å²) in [6, 6.07) is 0. The number of amides is 1. The number of nitrogens with zero attached hydrogens (tertiary/aromatic N) is 3. The molecule has 25 heavy (non-hydrogen) atoms. The van der Waals surface area contributed by atoms with E-state index in [9.17, 15) is 4.79 Å². The topological polar surface area (TPSA) is 55.3 Å². The lowest BCUT2D eigenvalue weighted by Crippen LogP contribution is -2.35. The number of hydrogen-bond donors (Lipinski definition) is 0. The molecule has 1 saturated heterocycles. The van der Waals surface area contributed by atoms with E-state index in [1.54, 1.807) is 17.7 Å². The van der Waals surface area contributed by atoms with Gasteiger partial charge in [0.2, 0.25) is 5.88 Å². The lowest BCUT2D eigenvalue weighted by molar-refractivity contribution is -0.133. The predicted molar refractivity (Wildman–Crippen MR) is 99.1 cm³/mol. The number of thiophene rings is 1. The van der Waals surface area contributed by atoms with E-state index in [2.05, 4.69) is 16.9 Å². The van der Waals surface area contributed by atoms with Crippen molar-refractivity contribution in [3.63, 3.8) is 0 Å². The summed E-state index contributed by atoms with van der Waals surface area (Å²) in [7, 11) is 0. The van der Waals surface area contributed by atoms with Gasteiger partial charge in [0.1, 0.15) is 11.2 Å². The molecule has 2 aliphatic rings. The van der Waals surface area contributed by atoms with Crippen LogP contribution in [-0.2, 0) is 17.6 Å². The molecule has 0 spiro atoms. The summed E-state index contributed by atoms with van der Waals surface area (Å²) in [4.78, 5) is 25.6. The normalized spacial score (nSPS) is 21.0. The second kappa shape index (κ2) is 7.28. The van der Waals surface area contributed by atoms with Crippen LogP contribution in [0.3, 0.4) is 0 Å². The van der Waals surface area contributed by atoms with Crippen LogP contribution in [0.1, 0.15) is 49.5 Å². The van der Waals surface area contributed by atoms with Crippen molar-refractivity contribution < 1.29 is 9.53 Å². The number of hydrogen-bond acceptors (Lipinski definition) is 5. The van der Waals surface area contributed by atoms with E-state index in [1.807, 2.05) is 4.90 Å². The Bertz CT molecular complexity index is 765. The number of rotatable bonds is 3. The summed E-state index contributed by atoms with van der Waals surface area (Å²) in [6.07, 6.45) is 9.55. The molecule has 0 bridgehead atoms. The minimum absolute atomic E-state index is 0.0754. The molecule has 1 unspecified atom stereocenters. The first-order chi connectivity index (χ1) is 12.2. The molecule has 1 aliphatic heterocycles. The Kier molecular flexibility index (Phi) is 4.88. The van der Waals surface area contributed by atoms with Crippen LogP contribution in [-0.4, -0.2) is 40.5 Å². The Balaban J connectivity index is 1.52. The zero-order valence-corrected chi connectivity index (χ0v) is 15.6. The monoisotopic (exact) mass is 359 g/mol. The van der Waals surface area contributed by atoms with Crippen molar-refractivity contribution in [2.75, 3.05) is 19.7 Å². The third kappa shape index (κ3) is 3.50. The van der Waals surface area contributed by atoms with Gasteiger partial charge < -0.3 is 9.64 Å². The number of ether oxygens (including phenoxy) is 1. The van der Waals surface area contributed by atoms with Gasteiger partial charge in [0.05, 0.1) is 5.39 Å². The van der Waals surface area contributed by atoms with Crippen LogP contribution in [0, 0.1) is 5.92 Å². The van der Waals surface area contributed by atoms with Crippen LogP contribution >= 0.6 is 11.3 Å². The molecule has 134 valence electrons. The third-order valence-electron chi connectivity index (χ3n) is 5.35. The maximum absolute atomic E-state index is 12.5. The molecule has 6 heteroatoms. The fourth-order valence-electron chi connectivity index (χ4n) is 3.90. The van der Waals surface area contributed by atoms with Crippen molar-refractivity contribution in [2.24, 2.45) is 5.92 Å². The van der Waals surface area contributed by atoms with E-state index in [1.165, 1.54) is 29.7 Å². The molecular formula is C19H25N3O2S. The van der Waals surface area contributed by atoms with Crippen LogP contribution in [0.5, 0.6) is 5.88 Å². The van der Waals surface area contributed by atoms with Gasteiger partial charge in [-0.05, 0) is 43.6 Å². The van der Waals surface area contributed by atoms with Gasteiger partial charge in [0, 0.05) is 18.0 Å². The van der Waals surface area contributed by atoms with E-state index in [4.69, 9.17) is 4.74 Å². The molecule has 0 N–H and O–H groups in total. The van der Waals surface area contributed by atoms with E-state index >= 15 is 0 Å². The largest absolute Gasteiger partial charge is 0.467 e. The molecule has 1 fully saturated rings. The van der Waals surface area contributed by atoms with Gasteiger partial charge in [-0.15, -0.1) is 11.3 Å². The van der Waals surface area contributed by atoms with E-state index in [0.717, 1.165) is 54.9 Å². The first-order valence-corrected chi connectivity index (χ1v) is 10.2. The number of fused-ring (bicyclic) bond motifs is 3. The summed E-state index contributed by atoms with van der Waals surface area (Å²) in [6.45, 7) is 4.09. The third-order valence-corrected chi connectivity index (χ3v) is 6.51. The number of carbonyl (C=O) groups excluding carboxylic acids is 1. The van der Waals surface area contributed by atoms with Crippen molar-refractivity contribution >= 4 is 27.5 Å². The lowest BCUT2D eigenvalue weighted by atomic mass is 9.89. The van der Waals surface area contributed by atoms with Gasteiger partial charge >= 0.3 is 0 Å². The zero-order valence-electron chi connectivity index (χ0n) is 14.8. The summed E-state index contributed by atoms with van der Waals surface area (Å²) in [5.41, 5.74) is 1.34. The number of carbonyl (C=O) groups is 1. The number of aromatic nitrogens is 2. The Morgan fingerprint density at radius 3 is 2.88 bits per heavy atom. The van der Waals surface area contributed by atoms with Gasteiger partial charge in [-0.25, -0.2) is 9.97 Å². The van der Waals surface area contributed by atoms with E-state index in [-0.39, 0.29) is 12.5 Å². The molecule has 1 aliphatic carbocycles. The van der Waals surface area contributed by atoms with Crippen LogP contribution in [0.4, 0.5) is 0 Å². The lowest BCUT2D eigenvalue weighted by Gasteiger charge is -2.20. The van der Waals surface area contributed by atoms with E-state index in [0.29, 0.717) is 5.88 Å². The van der Waals surface area contributed by atoms with Crippen LogP contribution in [0.25, 0.3) is 10.2 Å². The second-order valence-corrected chi connectivity index (χ2v) is 8.38. The quantitative estimate of drug-likeness (QED) is 0.840. The summed E-state index contributed by atoms with van der Waals surface area (Å²) in [5, 5.41) is 1.04. The SMILES string of the molecule is CC1CCc2c(sc3ncnc(OCC(=O)N4CCCCCC4)c23)C1. The van der Waals surface area contributed by atoms with Crippen molar-refractivity contribution in [1.29, 1.82) is 0 Å². The summed E-state index contributed by atoms with van der Waals surface area (Å²) in [5.74, 6) is 1.38. The number of likely N-dealkylation sites (tertiary alicyclic amines) is 1. The minimum Gasteiger partial charge on any atom is -0.467 e. The molecule has 0 aromatic carbocycles. The first kappa shape index (κ1) is 16.8. The molecule has 3 heterocycles. The van der Waals surface area contributed by atoms with Crippen molar-refractivity contribution in [2.45, 2.75) is 51.9 Å². The Hall–Kier alpha value is -1.69. The zero-order chi connectivity index (χ0) is 17.2. The smallest absolute Gasteiger partial charge is 0.260 e. The van der Waals surface area contributed by atoms with Gasteiger partial charge in [-0.2, -0.15) is 0 Å². The fourth-order valence-corrected chi connectivity index (χ4v) is 5.24. The van der Waals surface area contributed by atoms with Gasteiger partial charge in [-0.1, -0.05) is 19.8 Å². The molecule has 4 rings (SSSR count). The molecule has 1 atom stereocenters. The highest BCUT2D eigenvalue weighted by molar-refractivity contribution is 7.18. The van der Waals surface area contributed by atoms with Crippen molar-refractivity contribution in [3.05, 3.63) is 16.8 Å². The maximum atomic E-state index is 12.5. The first-order valence-electron chi connectivity index (χ1n) is 9.38. The highest BCUT2D eigenvalue weighted by atomic mass is 32.1. The Morgan fingerprint density at radius 1 is 1.28 bits per heavy atom. The van der Waals surface area contributed by atoms with Crippen molar-refractivity contribution in [3.8, 4) is 5.88 Å². The number of aryl methyl sites for hydroxylation is 1. The highest BCUT2D eigenvalue weighted by Gasteiger charge is 2.24. The highest BCUT2D eigenvalue weighted by Crippen LogP contribution is 2.40. The van der Waals surface area contributed by atoms with Crippen LogP contribution in [0.15, 0.2) is 6.33 Å². The van der Waals surface area contributed by atoms with Crippen molar-refractivity contribution in [1.82, 2.24) is 14.9 Å². The molecule has 0 radical (unpaired) electrons. The summed E-state index contributed by atoms with van der Waals surface area (Å²) < 4.78 is 5.89. The second-order valence-electron chi connectivity index (χ2n) is 7.29. The van der Waals surface area contributed by atoms with Gasteiger partial charge in [0.25, 0.3) is 5.91 Å². The Labute approximate surface area is 152 Å². The molecule has 1 amide bonds. The maximum Gasteiger partial charge on any atom is 0.260 e. The molecule has 2 aromatic heterocycles. The molecule has 0 saturated carbocycles. The van der Waals surface area contributed by atoms with Crippen LogP contribution in [0.2, 0.25) is 0 Å². The fraction of sp³-hybridized carbons (Fsp3) is 0.632. The predicted octanol–water partition coefficient (Wildman–Crippen LogP) is 3.60. The van der Waals surface area contributed by atoms with Crippen LogP contribution < -0.4 is 4.74 Å². The molecule has 5 nitrogen and oxygen atoms in total. The molecule has 2 aromatic rings. The van der Waals surface area contributed by atoms with Gasteiger partial charge in [0.15, 0.2) is 6.61 Å². The molecular weight excluding hydrogens is 334 g/mol. The van der Waals surface area contributed by atoms with E-state index < -0.39 is 0 Å². The average Bonchev–Trinajstić information content (AvgIpc) is 2.79. The van der Waals surface area contributed by atoms with Gasteiger partial charge in [-0.3, -0.25) is 4.79 Å². The average molecular weight is 359 g/mol. The Morgan fingerprint density at radius 2 is 2.08 bits per heavy atom.